The highest BCUT2D eigenvalue weighted by Crippen LogP contribution is 2.21. The molecule has 0 aliphatic carbocycles. The average Bonchev–Trinajstić information content (AvgIpc) is 3.53. The molecule has 17 nitrogen and oxygen atoms in total. The molecule has 4 atom stereocenters. The van der Waals surface area contributed by atoms with Crippen LogP contribution in [0.25, 0.3) is 0 Å². The number of phenols is 1. The van der Waals surface area contributed by atoms with Gasteiger partial charge in [0.2, 0.25) is 23.6 Å². The van der Waals surface area contributed by atoms with E-state index < -0.39 is 53.8 Å². The number of unbranched alkanes of at least 4 members (excludes halogenated alkanes) is 2. The fourth-order valence-corrected chi connectivity index (χ4v) is 5.33. The van der Waals surface area contributed by atoms with E-state index in [0.29, 0.717) is 47.8 Å². The summed E-state index contributed by atoms with van der Waals surface area (Å²) in [5, 5.41) is 36.4. The lowest BCUT2D eigenvalue weighted by Crippen LogP contribution is -2.48. The van der Waals surface area contributed by atoms with Gasteiger partial charge >= 0.3 is 11.9 Å². The lowest BCUT2D eigenvalue weighted by atomic mass is 10.1. The molecule has 0 aromatic heterocycles. The Morgan fingerprint density at radius 2 is 1.84 bits per heavy atom. The van der Waals surface area contributed by atoms with Crippen LogP contribution < -0.4 is 10.6 Å². The van der Waals surface area contributed by atoms with Gasteiger partial charge in [-0.15, -0.1) is 0 Å². The molecule has 1 saturated heterocycles. The first-order valence-electron chi connectivity index (χ1n) is 16.7. The number of nitrogens with one attached hydrogen (secondary N) is 2. The highest BCUT2D eigenvalue weighted by molar-refractivity contribution is 6.00. The zero-order valence-corrected chi connectivity index (χ0v) is 28.4. The summed E-state index contributed by atoms with van der Waals surface area (Å²) in [5.41, 5.74) is 0.301. The van der Waals surface area contributed by atoms with Crippen molar-refractivity contribution in [1.29, 1.82) is 0 Å². The van der Waals surface area contributed by atoms with E-state index >= 15 is 0 Å². The van der Waals surface area contributed by atoms with Crippen molar-refractivity contribution in [3.05, 3.63) is 29.8 Å². The molecule has 1 aromatic rings. The molecule has 0 saturated carbocycles. The van der Waals surface area contributed by atoms with Crippen molar-refractivity contribution < 1.29 is 58.5 Å². The molecule has 1 aromatic carbocycles. The van der Waals surface area contributed by atoms with Gasteiger partial charge in [0.25, 0.3) is 5.91 Å². The SMILES string of the molecule is COC(=O)CCCCC(=O)N(O)CCCCC(NC(=O)C1COC(c2ccccc2O)=N1)C(=O)OC(C)CC(=O)NC1CCCCN(O)C1=O. The van der Waals surface area contributed by atoms with Crippen molar-refractivity contribution in [2.75, 3.05) is 26.8 Å². The summed E-state index contributed by atoms with van der Waals surface area (Å²) in [6, 6.07) is 3.20. The number of carbonyl (C=O) groups is 6. The first-order chi connectivity index (χ1) is 23.9. The number of esters is 2. The number of amides is 4. The molecule has 3 rings (SSSR count). The summed E-state index contributed by atoms with van der Waals surface area (Å²) in [5.74, 6) is -3.59. The standard InChI is InChI=1S/C33H47N5O12/c1-21(19-27(40)34-23-12-7-10-18-38(47)32(23)44)50-33(45)24(13-8-9-17-37(46)28(41)15-5-6-16-29(42)48-2)35-30(43)25-20-49-31(36-25)22-11-3-4-14-26(22)39/h3-4,11,14,21,23-25,39,46-47H,5-10,12-13,15-20H2,1-2H3,(H,34,40)(H,35,43). The fraction of sp³-hybridized carbons (Fsp3) is 0.606. The summed E-state index contributed by atoms with van der Waals surface area (Å²) in [7, 11) is 1.28. The highest BCUT2D eigenvalue weighted by Gasteiger charge is 2.33. The molecule has 276 valence electrons. The zero-order valence-electron chi connectivity index (χ0n) is 28.4. The molecular weight excluding hydrogens is 658 g/mol. The smallest absolute Gasteiger partial charge is 0.328 e. The lowest BCUT2D eigenvalue weighted by Gasteiger charge is -2.23. The van der Waals surface area contributed by atoms with Gasteiger partial charge < -0.3 is 30.0 Å². The number of hydroxylamine groups is 4. The minimum absolute atomic E-state index is 0.0316. The maximum absolute atomic E-state index is 13.3. The van der Waals surface area contributed by atoms with E-state index in [2.05, 4.69) is 20.4 Å². The minimum atomic E-state index is -1.19. The largest absolute Gasteiger partial charge is 0.507 e. The maximum atomic E-state index is 13.3. The van der Waals surface area contributed by atoms with Crippen molar-refractivity contribution in [3.63, 3.8) is 0 Å². The molecule has 4 unspecified atom stereocenters. The number of rotatable bonds is 18. The number of ether oxygens (including phenoxy) is 3. The first-order valence-corrected chi connectivity index (χ1v) is 16.7. The Labute approximate surface area is 289 Å². The second-order valence-electron chi connectivity index (χ2n) is 12.2. The number of aromatic hydroxyl groups is 1. The predicted molar refractivity (Wildman–Crippen MR) is 174 cm³/mol. The van der Waals surface area contributed by atoms with E-state index in [1.807, 2.05) is 0 Å². The summed E-state index contributed by atoms with van der Waals surface area (Å²) in [4.78, 5) is 79.2. The first kappa shape index (κ1) is 39.7. The van der Waals surface area contributed by atoms with Gasteiger partial charge in [-0.25, -0.2) is 19.9 Å². The van der Waals surface area contributed by atoms with Crippen molar-refractivity contribution in [1.82, 2.24) is 20.8 Å². The summed E-state index contributed by atoms with van der Waals surface area (Å²) < 4.78 is 15.6. The van der Waals surface area contributed by atoms with Gasteiger partial charge in [0.15, 0.2) is 6.04 Å². The van der Waals surface area contributed by atoms with Crippen LogP contribution >= 0.6 is 0 Å². The Kier molecular flexibility index (Phi) is 15.9. The third kappa shape index (κ3) is 12.6. The number of carbonyl (C=O) groups excluding carboxylic acids is 6. The Hall–Kier alpha value is -4.77. The number of nitrogens with zero attached hydrogens (tertiary/aromatic N) is 3. The average molecular weight is 706 g/mol. The van der Waals surface area contributed by atoms with Gasteiger partial charge in [-0.1, -0.05) is 12.1 Å². The molecule has 0 radical (unpaired) electrons. The van der Waals surface area contributed by atoms with Crippen LogP contribution in [0.5, 0.6) is 5.75 Å². The van der Waals surface area contributed by atoms with Crippen LogP contribution in [0.1, 0.15) is 83.1 Å². The Morgan fingerprint density at radius 3 is 2.58 bits per heavy atom. The molecule has 2 aliphatic heterocycles. The number of aliphatic imine (C=N–C) groups is 1. The van der Waals surface area contributed by atoms with E-state index in [9.17, 15) is 44.3 Å². The number of hydrogen-bond acceptors (Lipinski definition) is 13. The molecule has 0 bridgehead atoms. The molecule has 0 spiro atoms. The van der Waals surface area contributed by atoms with Crippen LogP contribution in [0.3, 0.4) is 0 Å². The summed E-state index contributed by atoms with van der Waals surface area (Å²) in [6.07, 6.45) is 1.95. The van der Waals surface area contributed by atoms with Crippen LogP contribution in [0.4, 0.5) is 0 Å². The normalized spacial score (nSPS) is 18.5. The molecule has 17 heteroatoms. The number of hydrogen-bond donors (Lipinski definition) is 5. The van der Waals surface area contributed by atoms with E-state index in [-0.39, 0.29) is 75.8 Å². The van der Waals surface area contributed by atoms with Crippen LogP contribution in [0.15, 0.2) is 29.3 Å². The number of benzene rings is 1. The van der Waals surface area contributed by atoms with Gasteiger partial charge in [-0.05, 0) is 70.4 Å². The van der Waals surface area contributed by atoms with Crippen LogP contribution in [-0.4, -0.2) is 118 Å². The summed E-state index contributed by atoms with van der Waals surface area (Å²) >= 11 is 0. The molecule has 2 heterocycles. The Balaban J connectivity index is 1.57. The molecule has 50 heavy (non-hydrogen) atoms. The van der Waals surface area contributed by atoms with Gasteiger partial charge in [0.1, 0.15) is 30.5 Å². The molecular formula is C33H47N5O12. The second kappa shape index (κ2) is 20.0. The van der Waals surface area contributed by atoms with Crippen molar-refractivity contribution >= 4 is 41.5 Å². The van der Waals surface area contributed by atoms with Gasteiger partial charge in [0, 0.05) is 25.9 Å². The Morgan fingerprint density at radius 1 is 1.10 bits per heavy atom. The monoisotopic (exact) mass is 705 g/mol. The van der Waals surface area contributed by atoms with E-state index in [4.69, 9.17) is 9.47 Å². The number of para-hydroxylation sites is 1. The molecule has 1 fully saturated rings. The predicted octanol–water partition coefficient (Wildman–Crippen LogP) is 1.35. The zero-order chi connectivity index (χ0) is 36.6. The van der Waals surface area contributed by atoms with E-state index in [0.717, 1.165) is 0 Å². The van der Waals surface area contributed by atoms with E-state index in [1.165, 1.54) is 20.1 Å². The Bertz CT molecular complexity index is 1390. The van der Waals surface area contributed by atoms with Crippen molar-refractivity contribution in [2.24, 2.45) is 4.99 Å². The summed E-state index contributed by atoms with van der Waals surface area (Å²) in [6.45, 7) is 1.47. The van der Waals surface area contributed by atoms with Crippen molar-refractivity contribution in [3.8, 4) is 5.75 Å². The second-order valence-corrected chi connectivity index (χ2v) is 12.2. The highest BCUT2D eigenvalue weighted by atomic mass is 16.5. The molecule has 4 amide bonds. The maximum Gasteiger partial charge on any atom is 0.328 e. The third-order valence-electron chi connectivity index (χ3n) is 8.13. The fourth-order valence-electron chi connectivity index (χ4n) is 5.33. The minimum Gasteiger partial charge on any atom is -0.507 e. The number of methoxy groups -OCH3 is 1. The molecule has 2 aliphatic rings. The van der Waals surface area contributed by atoms with Crippen LogP contribution in [-0.2, 0) is 43.0 Å². The van der Waals surface area contributed by atoms with Crippen LogP contribution in [0.2, 0.25) is 0 Å². The van der Waals surface area contributed by atoms with Gasteiger partial charge in [-0.3, -0.25) is 34.4 Å². The number of phenolic OH excluding ortho intramolecular Hbond substituents is 1. The lowest BCUT2D eigenvalue weighted by molar-refractivity contribution is -0.167. The van der Waals surface area contributed by atoms with Crippen LogP contribution in [0, 0.1) is 0 Å². The third-order valence-corrected chi connectivity index (χ3v) is 8.13. The van der Waals surface area contributed by atoms with Gasteiger partial charge in [0.05, 0.1) is 19.1 Å². The topological polar surface area (TPSA) is 234 Å². The quantitative estimate of drug-likeness (QED) is 0.0630. The van der Waals surface area contributed by atoms with Gasteiger partial charge in [-0.2, -0.15) is 0 Å². The molecule has 5 N–H and O–H groups in total. The van der Waals surface area contributed by atoms with Crippen molar-refractivity contribution in [2.45, 2.75) is 102 Å². The van der Waals surface area contributed by atoms with E-state index in [1.54, 1.807) is 18.2 Å².